The topological polar surface area (TPSA) is 83.8 Å². The Morgan fingerprint density at radius 3 is 2.26 bits per heavy atom. The summed E-state index contributed by atoms with van der Waals surface area (Å²) in [4.78, 5) is 17.8. The number of imidazole rings is 1. The maximum absolute atomic E-state index is 13.1. The molecule has 0 spiro atoms. The highest BCUT2D eigenvalue weighted by Gasteiger charge is 2.18. The fourth-order valence-electron chi connectivity index (χ4n) is 4.49. The van der Waals surface area contributed by atoms with Crippen LogP contribution in [0.25, 0.3) is 11.0 Å². The summed E-state index contributed by atoms with van der Waals surface area (Å²) in [5, 5.41) is 2.99. The van der Waals surface area contributed by atoms with Crippen molar-refractivity contribution in [2.24, 2.45) is 0 Å². The van der Waals surface area contributed by atoms with Crippen molar-refractivity contribution in [3.63, 3.8) is 0 Å². The molecule has 39 heavy (non-hydrogen) atoms. The number of nitrogens with zero attached hydrogens (tertiary/aromatic N) is 2. The van der Waals surface area contributed by atoms with Gasteiger partial charge in [0.1, 0.15) is 11.6 Å². The smallest absolute Gasteiger partial charge is 0.251 e. The van der Waals surface area contributed by atoms with Gasteiger partial charge < -0.3 is 28.8 Å². The minimum absolute atomic E-state index is 0.259. The lowest BCUT2D eigenvalue weighted by atomic mass is 10.0. The molecule has 1 amide bonds. The maximum atomic E-state index is 13.1. The van der Waals surface area contributed by atoms with E-state index in [-0.39, 0.29) is 12.5 Å². The Bertz CT molecular complexity index is 1370. The minimum atomic E-state index is -0.259. The van der Waals surface area contributed by atoms with Gasteiger partial charge in [-0.3, -0.25) is 4.79 Å². The Kier molecular flexibility index (Phi) is 9.31. The molecule has 8 nitrogen and oxygen atoms in total. The second kappa shape index (κ2) is 13.0. The summed E-state index contributed by atoms with van der Waals surface area (Å²) in [7, 11) is 4.57. The van der Waals surface area contributed by atoms with Crippen molar-refractivity contribution in [1.82, 2.24) is 14.9 Å². The van der Waals surface area contributed by atoms with Crippen molar-refractivity contribution in [1.29, 1.82) is 0 Å². The van der Waals surface area contributed by atoms with Gasteiger partial charge >= 0.3 is 0 Å². The fourth-order valence-corrected chi connectivity index (χ4v) is 4.49. The van der Waals surface area contributed by atoms with Gasteiger partial charge in [-0.1, -0.05) is 38.1 Å². The van der Waals surface area contributed by atoms with Gasteiger partial charge in [-0.05, 0) is 60.7 Å². The van der Waals surface area contributed by atoms with Gasteiger partial charge in [0.05, 0.1) is 45.5 Å². The van der Waals surface area contributed by atoms with E-state index in [9.17, 15) is 4.79 Å². The van der Waals surface area contributed by atoms with E-state index < -0.39 is 0 Å². The predicted octanol–water partition coefficient (Wildman–Crippen LogP) is 5.97. The molecule has 4 rings (SSSR count). The quantitative estimate of drug-likeness (QED) is 0.214. The number of amides is 1. The Hall–Kier alpha value is -4.20. The summed E-state index contributed by atoms with van der Waals surface area (Å²) in [5.41, 5.74) is 3.65. The van der Waals surface area contributed by atoms with Gasteiger partial charge in [0.15, 0.2) is 11.5 Å². The average Bonchev–Trinajstić information content (AvgIpc) is 3.32. The van der Waals surface area contributed by atoms with Crippen LogP contribution in [0, 0.1) is 0 Å². The Labute approximate surface area is 229 Å². The van der Waals surface area contributed by atoms with Crippen molar-refractivity contribution in [2.45, 2.75) is 45.7 Å². The van der Waals surface area contributed by atoms with Crippen LogP contribution < -0.4 is 24.3 Å². The summed E-state index contributed by atoms with van der Waals surface area (Å²) in [6.07, 6.45) is 1.81. The number of carbonyl (C=O) groups excluding carboxylic acids is 1. The molecule has 3 aromatic carbocycles. The number of aromatic nitrogens is 2. The van der Waals surface area contributed by atoms with Crippen LogP contribution in [0.4, 0.5) is 0 Å². The van der Waals surface area contributed by atoms with E-state index in [1.807, 2.05) is 30.3 Å². The first-order valence-electron chi connectivity index (χ1n) is 13.2. The maximum Gasteiger partial charge on any atom is 0.251 e. The summed E-state index contributed by atoms with van der Waals surface area (Å²) in [5.74, 6) is 3.22. The van der Waals surface area contributed by atoms with E-state index in [1.165, 1.54) is 26.9 Å². The molecule has 0 aliphatic heterocycles. The number of aryl methyl sites for hydroxylation is 1. The zero-order valence-electron chi connectivity index (χ0n) is 23.3. The summed E-state index contributed by atoms with van der Waals surface area (Å²) >= 11 is 0. The third kappa shape index (κ3) is 6.63. The second-order valence-electron chi connectivity index (χ2n) is 9.54. The van der Waals surface area contributed by atoms with E-state index >= 15 is 0 Å². The third-order valence-corrected chi connectivity index (χ3v) is 6.66. The van der Waals surface area contributed by atoms with Gasteiger partial charge in [0.2, 0.25) is 5.75 Å². The van der Waals surface area contributed by atoms with Crippen LogP contribution in [-0.2, 0) is 13.1 Å². The average molecular weight is 532 g/mol. The van der Waals surface area contributed by atoms with Crippen molar-refractivity contribution in [3.8, 4) is 23.0 Å². The molecule has 0 aliphatic rings. The zero-order chi connectivity index (χ0) is 27.8. The number of carbonyl (C=O) groups is 1. The number of fused-ring (bicyclic) bond motifs is 1. The highest BCUT2D eigenvalue weighted by atomic mass is 16.5. The Morgan fingerprint density at radius 2 is 1.62 bits per heavy atom. The highest BCUT2D eigenvalue weighted by molar-refractivity contribution is 5.95. The van der Waals surface area contributed by atoms with Crippen LogP contribution in [0.5, 0.6) is 23.0 Å². The molecule has 0 atom stereocenters. The number of benzene rings is 3. The largest absolute Gasteiger partial charge is 0.494 e. The first-order chi connectivity index (χ1) is 18.9. The second-order valence-corrected chi connectivity index (χ2v) is 9.54. The van der Waals surface area contributed by atoms with Gasteiger partial charge in [0.25, 0.3) is 5.91 Å². The van der Waals surface area contributed by atoms with Crippen LogP contribution >= 0.6 is 0 Å². The molecule has 0 unspecified atom stereocenters. The van der Waals surface area contributed by atoms with E-state index in [0.29, 0.717) is 35.3 Å². The number of nitrogens with one attached hydrogen (secondary N) is 1. The Morgan fingerprint density at radius 1 is 0.923 bits per heavy atom. The molecule has 0 bridgehead atoms. The molecule has 0 radical (unpaired) electrons. The number of unbranched alkanes of at least 4 members (excludes halogenated alkanes) is 1. The number of hydrogen-bond acceptors (Lipinski definition) is 6. The van der Waals surface area contributed by atoms with Gasteiger partial charge in [-0.15, -0.1) is 0 Å². The number of rotatable bonds is 13. The molecular formula is C31H37N3O5. The molecule has 0 aliphatic carbocycles. The summed E-state index contributed by atoms with van der Waals surface area (Å²) in [6, 6.07) is 19.6. The molecule has 1 heterocycles. The number of para-hydroxylation sites is 2. The third-order valence-electron chi connectivity index (χ3n) is 6.66. The normalized spacial score (nSPS) is 11.0. The van der Waals surface area contributed by atoms with Crippen LogP contribution in [0.1, 0.15) is 54.4 Å². The number of ether oxygens (including phenoxy) is 4. The minimum Gasteiger partial charge on any atom is -0.494 e. The summed E-state index contributed by atoms with van der Waals surface area (Å²) < 4.78 is 24.3. The standard InChI is InChI=1S/C31H37N3O5/c1-21(2)22-12-14-24(15-13-22)39-17-9-8-16-34-26-11-7-6-10-25(26)33-29(34)20-32-31(35)23-18-27(36-3)30(38-5)28(19-23)37-4/h6-7,10-15,18-19,21H,8-9,16-17,20H2,1-5H3,(H,32,35). The molecule has 4 aromatic rings. The lowest BCUT2D eigenvalue weighted by molar-refractivity contribution is 0.0948. The zero-order valence-corrected chi connectivity index (χ0v) is 23.3. The van der Waals surface area contributed by atoms with Crippen LogP contribution in [0.2, 0.25) is 0 Å². The van der Waals surface area contributed by atoms with Crippen LogP contribution in [0.15, 0.2) is 60.7 Å². The van der Waals surface area contributed by atoms with Gasteiger partial charge in [-0.25, -0.2) is 4.98 Å². The molecule has 1 aromatic heterocycles. The molecule has 8 heteroatoms. The number of methoxy groups -OCH3 is 3. The van der Waals surface area contributed by atoms with Crippen LogP contribution in [0.3, 0.4) is 0 Å². The number of hydrogen-bond donors (Lipinski definition) is 1. The SMILES string of the molecule is COc1cc(C(=O)NCc2nc3ccccc3n2CCCCOc2ccc(C(C)C)cc2)cc(OC)c1OC. The molecule has 206 valence electrons. The lowest BCUT2D eigenvalue weighted by Gasteiger charge is -2.14. The van der Waals surface area contributed by atoms with Crippen molar-refractivity contribution < 1.29 is 23.7 Å². The molecule has 0 fully saturated rings. The highest BCUT2D eigenvalue weighted by Crippen LogP contribution is 2.38. The molecular weight excluding hydrogens is 494 g/mol. The first-order valence-corrected chi connectivity index (χ1v) is 13.2. The summed E-state index contributed by atoms with van der Waals surface area (Å²) in [6.45, 7) is 6.06. The van der Waals surface area contributed by atoms with Gasteiger partial charge in [0, 0.05) is 12.1 Å². The van der Waals surface area contributed by atoms with E-state index in [4.69, 9.17) is 23.9 Å². The monoisotopic (exact) mass is 531 g/mol. The van der Waals surface area contributed by atoms with E-state index in [2.05, 4.69) is 41.9 Å². The lowest BCUT2D eigenvalue weighted by Crippen LogP contribution is -2.25. The van der Waals surface area contributed by atoms with Crippen molar-refractivity contribution in [3.05, 3.63) is 77.6 Å². The molecule has 0 saturated heterocycles. The fraction of sp³-hybridized carbons (Fsp3) is 0.355. The van der Waals surface area contributed by atoms with Crippen molar-refractivity contribution in [2.75, 3.05) is 27.9 Å². The van der Waals surface area contributed by atoms with E-state index in [1.54, 1.807) is 12.1 Å². The molecule has 0 saturated carbocycles. The first kappa shape index (κ1) is 27.8. The Balaban J connectivity index is 1.39. The van der Waals surface area contributed by atoms with Crippen LogP contribution in [-0.4, -0.2) is 43.4 Å². The molecule has 1 N–H and O–H groups in total. The van der Waals surface area contributed by atoms with Gasteiger partial charge in [-0.2, -0.15) is 0 Å². The van der Waals surface area contributed by atoms with Crippen molar-refractivity contribution >= 4 is 16.9 Å². The predicted molar refractivity (Wildman–Crippen MR) is 152 cm³/mol. The van der Waals surface area contributed by atoms with E-state index in [0.717, 1.165) is 42.0 Å².